The Bertz CT molecular complexity index is 573. The molecule has 5 nitrogen and oxygen atoms in total. The van der Waals surface area contributed by atoms with Gasteiger partial charge in [-0.25, -0.2) is 8.42 Å². The van der Waals surface area contributed by atoms with Crippen molar-refractivity contribution in [1.29, 1.82) is 0 Å². The van der Waals surface area contributed by atoms with Crippen LogP contribution < -0.4 is 0 Å². The van der Waals surface area contributed by atoms with Gasteiger partial charge in [0.15, 0.2) is 9.84 Å². The molecule has 2 unspecified atom stereocenters. The maximum atomic E-state index is 12.3. The van der Waals surface area contributed by atoms with Crippen LogP contribution in [0.15, 0.2) is 12.4 Å². The predicted molar refractivity (Wildman–Crippen MR) is 76.0 cm³/mol. The van der Waals surface area contributed by atoms with E-state index in [9.17, 15) is 13.5 Å². The van der Waals surface area contributed by atoms with Crippen LogP contribution in [0, 0.1) is 0 Å². The van der Waals surface area contributed by atoms with Gasteiger partial charge in [0.25, 0.3) is 0 Å². The zero-order valence-electron chi connectivity index (χ0n) is 11.8. The molecular weight excluding hydrogens is 276 g/mol. The van der Waals surface area contributed by atoms with Crippen LogP contribution in [0.3, 0.4) is 0 Å². The maximum Gasteiger partial charge on any atom is 0.156 e. The molecular formula is C14H22N2O3S. The number of hydrogen-bond donors (Lipinski definition) is 1. The van der Waals surface area contributed by atoms with Crippen LogP contribution in [-0.4, -0.2) is 33.8 Å². The summed E-state index contributed by atoms with van der Waals surface area (Å²) in [6, 6.07) is 0. The second-order valence-corrected chi connectivity index (χ2v) is 8.71. The third-order valence-electron chi connectivity index (χ3n) is 4.74. The Morgan fingerprint density at radius 2 is 2.05 bits per heavy atom. The van der Waals surface area contributed by atoms with Crippen LogP contribution in [0.5, 0.6) is 0 Å². The van der Waals surface area contributed by atoms with Gasteiger partial charge in [-0.15, -0.1) is 0 Å². The van der Waals surface area contributed by atoms with Crippen LogP contribution in [0.2, 0.25) is 0 Å². The second kappa shape index (κ2) is 4.84. The average molecular weight is 298 g/mol. The molecule has 1 aromatic rings. The summed E-state index contributed by atoms with van der Waals surface area (Å²) in [6.45, 7) is 2.90. The molecule has 6 heteroatoms. The molecule has 112 valence electrons. The Morgan fingerprint density at radius 1 is 1.40 bits per heavy atom. The molecule has 2 aliphatic rings. The van der Waals surface area contributed by atoms with Gasteiger partial charge < -0.3 is 5.11 Å². The minimum atomic E-state index is -3.04. The summed E-state index contributed by atoms with van der Waals surface area (Å²) >= 11 is 0. The third kappa shape index (κ3) is 2.19. The van der Waals surface area contributed by atoms with Crippen molar-refractivity contribution < 1.29 is 13.5 Å². The number of aromatic nitrogens is 2. The summed E-state index contributed by atoms with van der Waals surface area (Å²) in [6.07, 6.45) is 7.53. The molecule has 2 fully saturated rings. The first-order valence-electron chi connectivity index (χ1n) is 7.44. The lowest BCUT2D eigenvalue weighted by atomic mass is 9.82. The molecule has 0 aliphatic carbocycles. The molecule has 2 bridgehead atoms. The van der Waals surface area contributed by atoms with Crippen LogP contribution in [0.25, 0.3) is 0 Å². The SMILES string of the molecule is CCCn1cc(C2(O)CC3CCCC(C2)S3(=O)=O)cn1. The lowest BCUT2D eigenvalue weighted by Crippen LogP contribution is -2.50. The van der Waals surface area contributed by atoms with Gasteiger partial charge in [-0.3, -0.25) is 4.68 Å². The van der Waals surface area contributed by atoms with E-state index in [0.717, 1.165) is 24.9 Å². The van der Waals surface area contributed by atoms with Gasteiger partial charge in [-0.2, -0.15) is 5.10 Å². The van der Waals surface area contributed by atoms with Gasteiger partial charge in [0, 0.05) is 18.3 Å². The van der Waals surface area contributed by atoms with Gasteiger partial charge in [0.2, 0.25) is 0 Å². The number of hydrogen-bond acceptors (Lipinski definition) is 4. The zero-order valence-corrected chi connectivity index (χ0v) is 12.6. The van der Waals surface area contributed by atoms with Crippen molar-refractivity contribution in [3.8, 4) is 0 Å². The quantitative estimate of drug-likeness (QED) is 0.920. The first-order chi connectivity index (χ1) is 9.45. The number of sulfone groups is 1. The molecule has 20 heavy (non-hydrogen) atoms. The van der Waals surface area contributed by atoms with Gasteiger partial charge in [-0.05, 0) is 32.1 Å². The minimum absolute atomic E-state index is 0.323. The van der Waals surface area contributed by atoms with Crippen molar-refractivity contribution in [2.75, 3.05) is 0 Å². The van der Waals surface area contributed by atoms with E-state index in [4.69, 9.17) is 0 Å². The summed E-state index contributed by atoms with van der Waals surface area (Å²) in [5, 5.41) is 14.4. The Kier molecular flexibility index (Phi) is 3.41. The Labute approximate surface area is 119 Å². The summed E-state index contributed by atoms with van der Waals surface area (Å²) in [4.78, 5) is 0. The van der Waals surface area contributed by atoms with Crippen molar-refractivity contribution in [3.63, 3.8) is 0 Å². The fourth-order valence-electron chi connectivity index (χ4n) is 3.64. The van der Waals surface area contributed by atoms with Crippen molar-refractivity contribution in [2.45, 2.75) is 68.1 Å². The number of nitrogens with zero attached hydrogens (tertiary/aromatic N) is 2. The molecule has 0 amide bonds. The van der Waals surface area contributed by atoms with Crippen LogP contribution in [-0.2, 0) is 22.0 Å². The molecule has 2 saturated heterocycles. The highest BCUT2D eigenvalue weighted by atomic mass is 32.2. The Morgan fingerprint density at radius 3 is 2.65 bits per heavy atom. The smallest absolute Gasteiger partial charge is 0.156 e. The third-order valence-corrected chi connectivity index (χ3v) is 7.40. The van der Waals surface area contributed by atoms with E-state index in [1.165, 1.54) is 0 Å². The molecule has 0 radical (unpaired) electrons. The van der Waals surface area contributed by atoms with E-state index in [1.807, 2.05) is 10.9 Å². The van der Waals surface area contributed by atoms with Crippen molar-refractivity contribution in [3.05, 3.63) is 18.0 Å². The summed E-state index contributed by atoms with van der Waals surface area (Å²) in [7, 11) is -3.04. The van der Waals surface area contributed by atoms with E-state index < -0.39 is 15.4 Å². The monoisotopic (exact) mass is 298 g/mol. The number of aryl methyl sites for hydroxylation is 1. The largest absolute Gasteiger partial charge is 0.385 e. The molecule has 2 atom stereocenters. The Hall–Kier alpha value is -0.880. The summed E-state index contributed by atoms with van der Waals surface area (Å²) < 4.78 is 26.4. The van der Waals surface area contributed by atoms with E-state index in [0.29, 0.717) is 25.7 Å². The molecule has 0 aromatic carbocycles. The fourth-order valence-corrected chi connectivity index (χ4v) is 6.19. The van der Waals surface area contributed by atoms with E-state index >= 15 is 0 Å². The lowest BCUT2D eigenvalue weighted by Gasteiger charge is -2.43. The maximum absolute atomic E-state index is 12.3. The minimum Gasteiger partial charge on any atom is -0.385 e. The molecule has 1 N–H and O–H groups in total. The van der Waals surface area contributed by atoms with Crippen molar-refractivity contribution in [1.82, 2.24) is 9.78 Å². The zero-order chi connectivity index (χ0) is 14.4. The second-order valence-electron chi connectivity index (χ2n) is 6.20. The highest BCUT2D eigenvalue weighted by Crippen LogP contribution is 2.45. The molecule has 0 saturated carbocycles. The summed E-state index contributed by atoms with van der Waals surface area (Å²) in [5.74, 6) is 0. The number of rotatable bonds is 3. The normalized spacial score (nSPS) is 35.9. The van der Waals surface area contributed by atoms with E-state index in [1.54, 1.807) is 6.20 Å². The lowest BCUT2D eigenvalue weighted by molar-refractivity contribution is 0.00492. The first-order valence-corrected chi connectivity index (χ1v) is 9.05. The van der Waals surface area contributed by atoms with Crippen LogP contribution in [0.1, 0.15) is 51.0 Å². The van der Waals surface area contributed by atoms with Gasteiger partial charge >= 0.3 is 0 Å². The van der Waals surface area contributed by atoms with Crippen molar-refractivity contribution in [2.24, 2.45) is 0 Å². The highest BCUT2D eigenvalue weighted by molar-refractivity contribution is 7.92. The highest BCUT2D eigenvalue weighted by Gasteiger charge is 2.51. The topological polar surface area (TPSA) is 72.2 Å². The van der Waals surface area contributed by atoms with Crippen LogP contribution >= 0.6 is 0 Å². The summed E-state index contributed by atoms with van der Waals surface area (Å²) in [5.41, 5.74) is -0.245. The number of aliphatic hydroxyl groups is 1. The predicted octanol–water partition coefficient (Wildman–Crippen LogP) is 1.61. The van der Waals surface area contributed by atoms with E-state index in [-0.39, 0.29) is 10.5 Å². The molecule has 2 aliphatic heterocycles. The average Bonchev–Trinajstić information content (AvgIpc) is 2.81. The standard InChI is InChI=1S/C14H22N2O3S/c1-2-6-16-10-11(9-15-16)14(17)7-12-4-3-5-13(8-14)20(12,18)19/h9-10,12-13,17H,2-8H2,1H3. The van der Waals surface area contributed by atoms with Gasteiger partial charge in [0.1, 0.15) is 0 Å². The fraction of sp³-hybridized carbons (Fsp3) is 0.786. The molecule has 1 aromatic heterocycles. The first kappa shape index (κ1) is 14.1. The molecule has 0 spiro atoms. The molecule has 3 rings (SSSR count). The van der Waals surface area contributed by atoms with E-state index in [2.05, 4.69) is 12.0 Å². The van der Waals surface area contributed by atoms with Crippen molar-refractivity contribution >= 4 is 9.84 Å². The molecule has 3 heterocycles. The number of fused-ring (bicyclic) bond motifs is 2. The van der Waals surface area contributed by atoms with Gasteiger partial charge in [-0.1, -0.05) is 13.3 Å². The van der Waals surface area contributed by atoms with Crippen LogP contribution in [0.4, 0.5) is 0 Å². The van der Waals surface area contributed by atoms with Gasteiger partial charge in [0.05, 0.1) is 22.3 Å². The Balaban J connectivity index is 1.89.